The molecule has 0 aliphatic rings. The van der Waals surface area contributed by atoms with Crippen molar-refractivity contribution in [2.24, 2.45) is 5.92 Å². The zero-order valence-corrected chi connectivity index (χ0v) is 12.5. The van der Waals surface area contributed by atoms with E-state index in [2.05, 4.69) is 11.4 Å². The first-order chi connectivity index (χ1) is 8.88. The van der Waals surface area contributed by atoms with Crippen LogP contribution in [0.15, 0.2) is 11.6 Å². The van der Waals surface area contributed by atoms with Crippen LogP contribution in [-0.4, -0.2) is 12.3 Å². The molecular formula is C14H19N3OS. The van der Waals surface area contributed by atoms with Crippen LogP contribution in [0.4, 0.5) is 10.7 Å². The van der Waals surface area contributed by atoms with E-state index >= 15 is 0 Å². The predicted molar refractivity (Wildman–Crippen MR) is 80.5 cm³/mol. The van der Waals surface area contributed by atoms with Crippen molar-refractivity contribution >= 4 is 27.8 Å². The Morgan fingerprint density at radius 3 is 2.63 bits per heavy atom. The lowest BCUT2D eigenvalue weighted by Gasteiger charge is -2.01. The molecule has 4 nitrogen and oxygen atoms in total. The van der Waals surface area contributed by atoms with E-state index < -0.39 is 0 Å². The zero-order chi connectivity index (χ0) is 14.6. The topological polar surface area (TPSA) is 78.9 Å². The summed E-state index contributed by atoms with van der Waals surface area (Å²) in [6.45, 7) is 8.27. The highest BCUT2D eigenvalue weighted by molar-refractivity contribution is 7.19. The van der Waals surface area contributed by atoms with Gasteiger partial charge in [0.05, 0.1) is 10.6 Å². The van der Waals surface area contributed by atoms with E-state index in [1.165, 1.54) is 16.9 Å². The number of carbonyl (C=O) groups is 1. The number of nitriles is 1. The second-order valence-corrected chi connectivity index (χ2v) is 5.86. The predicted octanol–water partition coefficient (Wildman–Crippen LogP) is 3.42. The van der Waals surface area contributed by atoms with Crippen LogP contribution < -0.4 is 11.1 Å². The maximum absolute atomic E-state index is 12.0. The number of nitrogens with one attached hydrogen (secondary N) is 1. The molecular weight excluding hydrogens is 258 g/mol. The summed E-state index contributed by atoms with van der Waals surface area (Å²) in [6, 6.07) is 2.07. The van der Waals surface area contributed by atoms with E-state index in [0.717, 1.165) is 0 Å². The molecule has 0 bridgehead atoms. The summed E-state index contributed by atoms with van der Waals surface area (Å²) in [5.74, 6) is -0.146. The van der Waals surface area contributed by atoms with Gasteiger partial charge in [-0.05, 0) is 13.8 Å². The van der Waals surface area contributed by atoms with Crippen LogP contribution in [-0.2, 0) is 0 Å². The molecule has 0 fully saturated rings. The van der Waals surface area contributed by atoms with Crippen LogP contribution in [0.5, 0.6) is 0 Å². The van der Waals surface area contributed by atoms with Crippen molar-refractivity contribution in [2.75, 3.05) is 17.6 Å². The first kappa shape index (κ1) is 15.3. The van der Waals surface area contributed by atoms with E-state index in [4.69, 9.17) is 11.0 Å². The maximum Gasteiger partial charge on any atom is 0.177 e. The number of rotatable bonds is 5. The highest BCUT2D eigenvalue weighted by Crippen LogP contribution is 2.36. The van der Waals surface area contributed by atoms with Crippen molar-refractivity contribution in [1.29, 1.82) is 5.26 Å². The molecule has 5 heteroatoms. The average Bonchev–Trinajstić information content (AvgIpc) is 2.64. The molecule has 0 aliphatic carbocycles. The highest BCUT2D eigenvalue weighted by atomic mass is 32.1. The van der Waals surface area contributed by atoms with Gasteiger partial charge in [-0.1, -0.05) is 25.5 Å². The minimum absolute atomic E-state index is 0.0192. The summed E-state index contributed by atoms with van der Waals surface area (Å²) in [7, 11) is 0. The Kier molecular flexibility index (Phi) is 5.13. The van der Waals surface area contributed by atoms with Gasteiger partial charge >= 0.3 is 0 Å². The van der Waals surface area contributed by atoms with Crippen molar-refractivity contribution in [1.82, 2.24) is 0 Å². The maximum atomic E-state index is 12.0. The molecule has 0 spiro atoms. The highest BCUT2D eigenvalue weighted by Gasteiger charge is 2.22. The summed E-state index contributed by atoms with van der Waals surface area (Å²) in [5.41, 5.74) is 7.75. The fourth-order valence-corrected chi connectivity index (χ4v) is 2.64. The van der Waals surface area contributed by atoms with Gasteiger partial charge < -0.3 is 11.1 Å². The first-order valence-corrected chi connectivity index (χ1v) is 6.94. The van der Waals surface area contributed by atoms with E-state index in [1.54, 1.807) is 0 Å². The van der Waals surface area contributed by atoms with E-state index in [1.807, 2.05) is 33.8 Å². The van der Waals surface area contributed by atoms with Gasteiger partial charge in [-0.2, -0.15) is 5.26 Å². The molecule has 0 unspecified atom stereocenters. The van der Waals surface area contributed by atoms with Gasteiger partial charge in [0.15, 0.2) is 5.78 Å². The Morgan fingerprint density at radius 2 is 2.16 bits per heavy atom. The third-order valence-electron chi connectivity index (χ3n) is 2.58. The number of nitrogen functional groups attached to an aromatic ring is 1. The van der Waals surface area contributed by atoms with Crippen molar-refractivity contribution in [3.63, 3.8) is 0 Å². The minimum atomic E-state index is -0.127. The van der Waals surface area contributed by atoms with Gasteiger partial charge in [0.2, 0.25) is 0 Å². The number of nitrogens with zero attached hydrogens (tertiary/aromatic N) is 1. The summed E-state index contributed by atoms with van der Waals surface area (Å²) in [6.07, 6.45) is 2.01. The molecule has 0 aromatic carbocycles. The van der Waals surface area contributed by atoms with Gasteiger partial charge in [0, 0.05) is 12.5 Å². The zero-order valence-electron chi connectivity index (χ0n) is 11.7. The Labute approximate surface area is 117 Å². The quantitative estimate of drug-likeness (QED) is 0.638. The molecule has 1 heterocycles. The van der Waals surface area contributed by atoms with Gasteiger partial charge in [-0.15, -0.1) is 11.3 Å². The van der Waals surface area contributed by atoms with Crippen molar-refractivity contribution in [3.8, 4) is 6.07 Å². The van der Waals surface area contributed by atoms with Gasteiger partial charge in [-0.25, -0.2) is 0 Å². The third-order valence-corrected chi connectivity index (χ3v) is 3.76. The van der Waals surface area contributed by atoms with Crippen LogP contribution in [0.25, 0.3) is 0 Å². The first-order valence-electron chi connectivity index (χ1n) is 6.12. The lowest BCUT2D eigenvalue weighted by Crippen LogP contribution is -2.07. The number of Topliss-reactive ketones (excluding diaryl/α,β-unsaturated/α-hetero) is 1. The van der Waals surface area contributed by atoms with Crippen LogP contribution in [0.1, 0.15) is 42.9 Å². The Bertz CT molecular complexity index is 546. The molecule has 0 amide bonds. The largest absolute Gasteiger partial charge is 0.396 e. The second kappa shape index (κ2) is 6.39. The fraction of sp³-hybridized carbons (Fsp3) is 0.429. The SMILES string of the molecule is CC(C)=CCNc1sc(C(=O)C(C)C)c(N)c1C#N. The van der Waals surface area contributed by atoms with Crippen LogP contribution in [0.2, 0.25) is 0 Å². The lowest BCUT2D eigenvalue weighted by atomic mass is 10.1. The molecule has 0 saturated carbocycles. The number of ketones is 1. The van der Waals surface area contributed by atoms with Crippen LogP contribution in [0.3, 0.4) is 0 Å². The van der Waals surface area contributed by atoms with Gasteiger partial charge in [0.1, 0.15) is 16.6 Å². The summed E-state index contributed by atoms with van der Waals surface area (Å²) in [5, 5.41) is 13.0. The summed E-state index contributed by atoms with van der Waals surface area (Å²) >= 11 is 1.26. The number of hydrogen-bond acceptors (Lipinski definition) is 5. The number of allylic oxidation sites excluding steroid dienone is 1. The molecule has 0 saturated heterocycles. The lowest BCUT2D eigenvalue weighted by molar-refractivity contribution is 0.0944. The van der Waals surface area contributed by atoms with E-state index in [-0.39, 0.29) is 11.7 Å². The summed E-state index contributed by atoms with van der Waals surface area (Å²) in [4.78, 5) is 12.5. The second-order valence-electron chi connectivity index (χ2n) is 4.84. The van der Waals surface area contributed by atoms with Crippen LogP contribution in [0, 0.1) is 17.2 Å². The van der Waals surface area contributed by atoms with Crippen molar-refractivity contribution < 1.29 is 4.79 Å². The smallest absolute Gasteiger partial charge is 0.177 e. The molecule has 1 rings (SSSR count). The Hall–Kier alpha value is -1.80. The Balaban J connectivity index is 3.07. The van der Waals surface area contributed by atoms with E-state index in [0.29, 0.717) is 27.7 Å². The molecule has 102 valence electrons. The number of hydrogen-bond donors (Lipinski definition) is 2. The fourth-order valence-electron chi connectivity index (χ4n) is 1.47. The molecule has 0 radical (unpaired) electrons. The molecule has 0 aliphatic heterocycles. The minimum Gasteiger partial charge on any atom is -0.396 e. The molecule has 19 heavy (non-hydrogen) atoms. The molecule has 1 aromatic heterocycles. The molecule has 0 atom stereocenters. The normalized spacial score (nSPS) is 10.1. The number of anilines is 2. The monoisotopic (exact) mass is 277 g/mol. The Morgan fingerprint density at radius 1 is 1.53 bits per heavy atom. The van der Waals surface area contributed by atoms with Crippen molar-refractivity contribution in [3.05, 3.63) is 22.1 Å². The van der Waals surface area contributed by atoms with Crippen molar-refractivity contribution in [2.45, 2.75) is 27.7 Å². The number of nitrogens with two attached hydrogens (primary N) is 1. The number of carbonyl (C=O) groups excluding carboxylic acids is 1. The summed E-state index contributed by atoms with van der Waals surface area (Å²) < 4.78 is 0. The van der Waals surface area contributed by atoms with Crippen LogP contribution >= 0.6 is 11.3 Å². The molecule has 1 aromatic rings. The van der Waals surface area contributed by atoms with Gasteiger partial charge in [0.25, 0.3) is 0 Å². The van der Waals surface area contributed by atoms with E-state index in [9.17, 15) is 4.79 Å². The van der Waals surface area contributed by atoms with Gasteiger partial charge in [-0.3, -0.25) is 4.79 Å². The average molecular weight is 277 g/mol. The molecule has 3 N–H and O–H groups in total. The third kappa shape index (κ3) is 3.58. The standard InChI is InChI=1S/C14H19N3OS/c1-8(2)5-6-17-14-10(7-15)11(16)13(19-14)12(18)9(3)4/h5,9,17H,6,16H2,1-4H3. The number of thiophene rings is 1.